The summed E-state index contributed by atoms with van der Waals surface area (Å²) in [6.07, 6.45) is 1.03. The maximum Gasteiger partial charge on any atom is 0.343 e. The summed E-state index contributed by atoms with van der Waals surface area (Å²) in [6, 6.07) is 5.79. The second kappa shape index (κ2) is 6.41. The molecule has 1 aromatic carbocycles. The van der Waals surface area contributed by atoms with Crippen molar-refractivity contribution in [2.24, 2.45) is 5.73 Å². The highest BCUT2D eigenvalue weighted by Gasteiger charge is 2.45. The zero-order valence-electron chi connectivity index (χ0n) is 17.0. The van der Waals surface area contributed by atoms with Gasteiger partial charge in [-0.3, -0.25) is 4.79 Å². The van der Waals surface area contributed by atoms with E-state index in [2.05, 4.69) is 0 Å². The predicted molar refractivity (Wildman–Crippen MR) is 117 cm³/mol. The normalized spacial score (nSPS) is 20.9. The van der Waals surface area contributed by atoms with E-state index in [1.807, 2.05) is 23.9 Å². The molecule has 5 heterocycles. The number of rotatable bonds is 2. The molecule has 0 bridgehead atoms. The molecule has 8 heteroatoms. The fraction of sp³-hybridized carbons (Fsp3) is 0.348. The Labute approximate surface area is 182 Å². The van der Waals surface area contributed by atoms with Crippen LogP contribution in [0, 0.1) is 0 Å². The lowest BCUT2D eigenvalue weighted by Gasteiger charge is -2.31. The molecule has 6 rings (SSSR count). The second-order valence-corrected chi connectivity index (χ2v) is 9.38. The highest BCUT2D eigenvalue weighted by Crippen LogP contribution is 2.44. The van der Waals surface area contributed by atoms with Crippen LogP contribution in [0.5, 0.6) is 0 Å². The molecule has 2 aromatic heterocycles. The van der Waals surface area contributed by atoms with E-state index in [9.17, 15) is 14.7 Å². The summed E-state index contributed by atoms with van der Waals surface area (Å²) in [5.41, 5.74) is 10.3. The Bertz CT molecular complexity index is 1380. The molecule has 0 fully saturated rings. The van der Waals surface area contributed by atoms with E-state index in [1.54, 1.807) is 17.6 Å². The van der Waals surface area contributed by atoms with Gasteiger partial charge in [-0.2, -0.15) is 0 Å². The number of aryl methyl sites for hydroxylation is 1. The number of nitrogens with two attached hydrogens (primary N) is 1. The Morgan fingerprint density at radius 3 is 2.90 bits per heavy atom. The molecule has 1 atom stereocenters. The number of ether oxygens (including phenoxy) is 1. The van der Waals surface area contributed by atoms with Crippen LogP contribution >= 0.6 is 11.8 Å². The van der Waals surface area contributed by atoms with Gasteiger partial charge in [0.25, 0.3) is 5.56 Å². The molecule has 7 nitrogen and oxygen atoms in total. The Morgan fingerprint density at radius 1 is 1.29 bits per heavy atom. The number of nitrogens with zero attached hydrogens (tertiary/aromatic N) is 2. The molecule has 0 spiro atoms. The third kappa shape index (κ3) is 2.35. The highest BCUT2D eigenvalue weighted by atomic mass is 32.2. The Morgan fingerprint density at radius 2 is 2.13 bits per heavy atom. The first-order chi connectivity index (χ1) is 15.0. The molecule has 0 aliphatic carbocycles. The zero-order valence-corrected chi connectivity index (χ0v) is 17.8. The van der Waals surface area contributed by atoms with Gasteiger partial charge in [-0.15, -0.1) is 11.8 Å². The lowest BCUT2D eigenvalue weighted by atomic mass is 9.86. The standard InChI is InChI=1S/C23H21N3O4S/c1-2-23(29)15-7-17-19-13(9-26(17)21(27)14(15)10-30-22(23)28)12-5-6-31-20-11(8-24)3-4-16(25-19)18(12)20/h3-4,7,29H,2,5-6,8-10,24H2,1H3. The summed E-state index contributed by atoms with van der Waals surface area (Å²) >= 11 is 1.81. The Hall–Kier alpha value is -2.68. The fourth-order valence-corrected chi connectivity index (χ4v) is 6.35. The number of hydrogen-bond acceptors (Lipinski definition) is 7. The summed E-state index contributed by atoms with van der Waals surface area (Å²) in [7, 11) is 0. The summed E-state index contributed by atoms with van der Waals surface area (Å²) in [6.45, 7) is 2.50. The van der Waals surface area contributed by atoms with E-state index >= 15 is 0 Å². The number of aromatic nitrogens is 2. The minimum Gasteiger partial charge on any atom is -0.458 e. The van der Waals surface area contributed by atoms with Gasteiger partial charge in [-0.1, -0.05) is 13.0 Å². The van der Waals surface area contributed by atoms with Gasteiger partial charge in [-0.05, 0) is 36.1 Å². The maximum absolute atomic E-state index is 13.4. The minimum atomic E-state index is -1.81. The molecule has 3 aliphatic rings. The SMILES string of the molecule is CCC1(O)C(=O)OCc2c1cc1n(c2=O)Cc2c-1nc1ccc(CN)c3c1c2CCS3. The smallest absolute Gasteiger partial charge is 0.343 e. The van der Waals surface area contributed by atoms with Crippen LogP contribution in [0.2, 0.25) is 0 Å². The average molecular weight is 436 g/mol. The molecule has 3 aliphatic heterocycles. The predicted octanol–water partition coefficient (Wildman–Crippen LogP) is 2.19. The van der Waals surface area contributed by atoms with Crippen molar-refractivity contribution >= 4 is 28.6 Å². The molecule has 0 radical (unpaired) electrons. The number of carbonyl (C=O) groups excluding carboxylic acids is 1. The van der Waals surface area contributed by atoms with Crippen LogP contribution in [0.3, 0.4) is 0 Å². The van der Waals surface area contributed by atoms with Crippen molar-refractivity contribution in [2.75, 3.05) is 5.75 Å². The zero-order chi connectivity index (χ0) is 21.5. The van der Waals surface area contributed by atoms with E-state index in [1.165, 1.54) is 10.5 Å². The molecular formula is C23H21N3O4S. The van der Waals surface area contributed by atoms with Crippen LogP contribution in [-0.2, 0) is 41.2 Å². The molecule has 31 heavy (non-hydrogen) atoms. The first kappa shape index (κ1) is 19.0. The Balaban J connectivity index is 1.66. The number of esters is 1. The molecule has 1 unspecified atom stereocenters. The molecular weight excluding hydrogens is 414 g/mol. The summed E-state index contributed by atoms with van der Waals surface area (Å²) < 4.78 is 6.86. The van der Waals surface area contributed by atoms with Crippen LogP contribution in [-0.4, -0.2) is 26.4 Å². The van der Waals surface area contributed by atoms with Gasteiger partial charge < -0.3 is 20.1 Å². The van der Waals surface area contributed by atoms with Crippen LogP contribution in [0.15, 0.2) is 27.9 Å². The monoisotopic (exact) mass is 435 g/mol. The third-order valence-corrected chi connectivity index (χ3v) is 7.98. The molecule has 158 valence electrons. The van der Waals surface area contributed by atoms with Crippen molar-refractivity contribution in [3.63, 3.8) is 0 Å². The van der Waals surface area contributed by atoms with E-state index in [0.717, 1.165) is 39.9 Å². The topological polar surface area (TPSA) is 107 Å². The fourth-order valence-electron chi connectivity index (χ4n) is 5.13. The van der Waals surface area contributed by atoms with Crippen molar-refractivity contribution in [3.8, 4) is 11.4 Å². The van der Waals surface area contributed by atoms with Gasteiger partial charge in [0.15, 0.2) is 5.60 Å². The van der Waals surface area contributed by atoms with E-state index < -0.39 is 11.6 Å². The number of benzene rings is 1. The van der Waals surface area contributed by atoms with Crippen LogP contribution in [0.25, 0.3) is 22.3 Å². The quantitative estimate of drug-likeness (QED) is 0.465. The number of carbonyl (C=O) groups is 1. The number of thioether (sulfide) groups is 1. The summed E-state index contributed by atoms with van der Waals surface area (Å²) in [5, 5.41) is 12.2. The number of cyclic esters (lactones) is 1. The third-order valence-electron chi connectivity index (χ3n) is 6.82. The molecule has 3 aromatic rings. The van der Waals surface area contributed by atoms with E-state index in [0.29, 0.717) is 29.9 Å². The highest BCUT2D eigenvalue weighted by molar-refractivity contribution is 7.99. The van der Waals surface area contributed by atoms with Gasteiger partial charge in [0, 0.05) is 33.7 Å². The Kier molecular flexibility index (Phi) is 3.94. The molecule has 0 saturated carbocycles. The summed E-state index contributed by atoms with van der Waals surface area (Å²) in [4.78, 5) is 31.8. The van der Waals surface area contributed by atoms with Crippen LogP contribution in [0.1, 0.15) is 41.2 Å². The lowest BCUT2D eigenvalue weighted by Crippen LogP contribution is -2.44. The van der Waals surface area contributed by atoms with Crippen molar-refractivity contribution in [1.29, 1.82) is 0 Å². The number of aliphatic hydroxyl groups is 1. The van der Waals surface area contributed by atoms with Crippen molar-refractivity contribution < 1.29 is 14.6 Å². The van der Waals surface area contributed by atoms with Crippen LogP contribution < -0.4 is 11.3 Å². The van der Waals surface area contributed by atoms with Crippen LogP contribution in [0.4, 0.5) is 0 Å². The first-order valence-electron chi connectivity index (χ1n) is 10.4. The molecule has 0 saturated heterocycles. The minimum absolute atomic E-state index is 0.116. The maximum atomic E-state index is 13.4. The van der Waals surface area contributed by atoms with Gasteiger partial charge in [-0.25, -0.2) is 9.78 Å². The van der Waals surface area contributed by atoms with Gasteiger partial charge in [0.05, 0.1) is 29.0 Å². The van der Waals surface area contributed by atoms with Crippen molar-refractivity contribution in [2.45, 2.75) is 50.0 Å². The average Bonchev–Trinajstić information content (AvgIpc) is 3.16. The second-order valence-electron chi connectivity index (χ2n) is 8.27. The van der Waals surface area contributed by atoms with Crippen molar-refractivity contribution in [3.05, 3.63) is 56.4 Å². The van der Waals surface area contributed by atoms with Crippen molar-refractivity contribution in [1.82, 2.24) is 9.55 Å². The largest absolute Gasteiger partial charge is 0.458 e. The van der Waals surface area contributed by atoms with Gasteiger partial charge in [0.2, 0.25) is 0 Å². The molecule has 0 amide bonds. The lowest BCUT2D eigenvalue weighted by molar-refractivity contribution is -0.172. The first-order valence-corrected chi connectivity index (χ1v) is 11.4. The molecule has 3 N–H and O–H groups in total. The number of fused-ring (bicyclic) bond motifs is 5. The van der Waals surface area contributed by atoms with E-state index in [-0.39, 0.29) is 18.6 Å². The van der Waals surface area contributed by atoms with Gasteiger partial charge in [0.1, 0.15) is 6.61 Å². The van der Waals surface area contributed by atoms with Gasteiger partial charge >= 0.3 is 5.97 Å². The number of pyridine rings is 2. The van der Waals surface area contributed by atoms with E-state index in [4.69, 9.17) is 15.5 Å². The number of hydrogen-bond donors (Lipinski definition) is 2. The summed E-state index contributed by atoms with van der Waals surface area (Å²) in [5.74, 6) is 0.248.